The number of nitrogens with zero attached hydrogens (tertiary/aromatic N) is 2. The lowest BCUT2D eigenvalue weighted by molar-refractivity contribution is -0.384. The van der Waals surface area contributed by atoms with E-state index in [4.69, 9.17) is 5.11 Å². The number of hydrogen-bond donors (Lipinski definition) is 1. The lowest BCUT2D eigenvalue weighted by atomic mass is 10.0. The zero-order valence-electron chi connectivity index (χ0n) is 10.2. The lowest BCUT2D eigenvalue weighted by Crippen LogP contribution is -2.33. The number of carboxylic acid groups (broad SMARTS) is 1. The fourth-order valence-corrected chi connectivity index (χ4v) is 2.50. The average Bonchev–Trinajstić information content (AvgIpc) is 2.71. The summed E-state index contributed by atoms with van der Waals surface area (Å²) in [7, 11) is 0. The van der Waals surface area contributed by atoms with Crippen LogP contribution < -0.4 is 4.90 Å². The second-order valence-electron chi connectivity index (χ2n) is 4.56. The molecule has 0 amide bonds. The van der Waals surface area contributed by atoms with Crippen LogP contribution in [0.25, 0.3) is 0 Å². The van der Waals surface area contributed by atoms with Gasteiger partial charge >= 0.3 is 5.97 Å². The Balaban J connectivity index is 2.38. The Morgan fingerprint density at radius 3 is 2.79 bits per heavy atom. The maximum Gasteiger partial charge on any atom is 0.308 e. The average molecular weight is 268 g/mol. The van der Waals surface area contributed by atoms with Gasteiger partial charge in [-0.2, -0.15) is 0 Å². The van der Waals surface area contributed by atoms with E-state index in [9.17, 15) is 19.3 Å². The van der Waals surface area contributed by atoms with E-state index in [1.54, 1.807) is 11.8 Å². The highest BCUT2D eigenvalue weighted by Gasteiger charge is 2.38. The molecule has 1 aliphatic rings. The topological polar surface area (TPSA) is 83.7 Å². The van der Waals surface area contributed by atoms with Gasteiger partial charge in [-0.15, -0.1) is 0 Å². The molecule has 7 heteroatoms. The quantitative estimate of drug-likeness (QED) is 0.669. The molecule has 6 nitrogen and oxygen atoms in total. The molecular formula is C12H13FN2O4. The zero-order valence-corrected chi connectivity index (χ0v) is 10.2. The van der Waals surface area contributed by atoms with Crippen molar-refractivity contribution in [1.82, 2.24) is 0 Å². The van der Waals surface area contributed by atoms with Gasteiger partial charge in [0.25, 0.3) is 5.69 Å². The fraction of sp³-hybridized carbons (Fsp3) is 0.417. The van der Waals surface area contributed by atoms with Gasteiger partial charge in [0, 0.05) is 12.6 Å². The van der Waals surface area contributed by atoms with Crippen molar-refractivity contribution in [2.45, 2.75) is 19.4 Å². The summed E-state index contributed by atoms with van der Waals surface area (Å²) in [5, 5.41) is 20.0. The number of hydrogen-bond acceptors (Lipinski definition) is 4. The second-order valence-corrected chi connectivity index (χ2v) is 4.56. The standard InChI is InChI=1S/C12H13FN2O4/c1-7-9(12(16)17)4-5-14(7)10-3-2-8(13)6-11(10)15(18)19/h2-3,6-7,9H,4-5H2,1H3,(H,16,17). The molecule has 102 valence electrons. The van der Waals surface area contributed by atoms with Gasteiger partial charge in [-0.1, -0.05) is 0 Å². The van der Waals surface area contributed by atoms with Crippen molar-refractivity contribution in [3.8, 4) is 0 Å². The van der Waals surface area contributed by atoms with Crippen molar-refractivity contribution < 1.29 is 19.2 Å². The number of carboxylic acids is 1. The molecule has 2 atom stereocenters. The monoisotopic (exact) mass is 268 g/mol. The summed E-state index contributed by atoms with van der Waals surface area (Å²) in [5.74, 6) is -2.17. The van der Waals surface area contributed by atoms with E-state index in [1.165, 1.54) is 6.07 Å². The summed E-state index contributed by atoms with van der Waals surface area (Å²) >= 11 is 0. The van der Waals surface area contributed by atoms with Crippen molar-refractivity contribution in [3.05, 3.63) is 34.1 Å². The van der Waals surface area contributed by atoms with Crippen LogP contribution in [0.3, 0.4) is 0 Å². The number of benzene rings is 1. The molecule has 0 bridgehead atoms. The van der Waals surface area contributed by atoms with Gasteiger partial charge in [-0.25, -0.2) is 4.39 Å². The molecule has 0 radical (unpaired) electrons. The van der Waals surface area contributed by atoms with Gasteiger partial charge in [0.05, 0.1) is 16.9 Å². The number of carbonyl (C=O) groups is 1. The van der Waals surface area contributed by atoms with Crippen molar-refractivity contribution in [2.24, 2.45) is 5.92 Å². The summed E-state index contributed by atoms with van der Waals surface area (Å²) in [6.07, 6.45) is 0.422. The molecule has 1 aromatic carbocycles. The molecule has 1 heterocycles. The molecule has 0 saturated carbocycles. The first-order valence-electron chi connectivity index (χ1n) is 5.85. The number of nitro benzene ring substituents is 1. The Hall–Kier alpha value is -2.18. The summed E-state index contributed by atoms with van der Waals surface area (Å²) in [4.78, 5) is 23.0. The lowest BCUT2D eigenvalue weighted by Gasteiger charge is -2.25. The van der Waals surface area contributed by atoms with Crippen LogP contribution >= 0.6 is 0 Å². The molecule has 19 heavy (non-hydrogen) atoms. The third-order valence-corrected chi connectivity index (χ3v) is 3.52. The van der Waals surface area contributed by atoms with Gasteiger partial charge < -0.3 is 10.0 Å². The van der Waals surface area contributed by atoms with Crippen LogP contribution in [0.4, 0.5) is 15.8 Å². The van der Waals surface area contributed by atoms with E-state index in [-0.39, 0.29) is 17.4 Å². The number of halogens is 1. The van der Waals surface area contributed by atoms with E-state index >= 15 is 0 Å². The maximum absolute atomic E-state index is 13.1. The van der Waals surface area contributed by atoms with E-state index in [1.807, 2.05) is 0 Å². The van der Waals surface area contributed by atoms with E-state index in [2.05, 4.69) is 0 Å². The van der Waals surface area contributed by atoms with E-state index in [0.717, 1.165) is 12.1 Å². The Bertz CT molecular complexity index is 534. The van der Waals surface area contributed by atoms with Crippen molar-refractivity contribution in [3.63, 3.8) is 0 Å². The summed E-state index contributed by atoms with van der Waals surface area (Å²) < 4.78 is 13.1. The van der Waals surface area contributed by atoms with Gasteiger partial charge in [0.2, 0.25) is 0 Å². The summed E-state index contributed by atoms with van der Waals surface area (Å²) in [6, 6.07) is 2.97. The van der Waals surface area contributed by atoms with Crippen LogP contribution in [0, 0.1) is 21.8 Å². The minimum atomic E-state index is -0.917. The predicted octanol–water partition coefficient (Wildman–Crippen LogP) is 2.03. The predicted molar refractivity (Wildman–Crippen MR) is 65.6 cm³/mol. The summed E-state index contributed by atoms with van der Waals surface area (Å²) in [5.41, 5.74) is -0.0689. The second kappa shape index (κ2) is 4.83. The number of anilines is 1. The molecule has 1 fully saturated rings. The molecule has 1 saturated heterocycles. The van der Waals surface area contributed by atoms with Crippen LogP contribution in [-0.2, 0) is 4.79 Å². The maximum atomic E-state index is 13.1. The fourth-order valence-electron chi connectivity index (χ4n) is 2.50. The molecule has 0 spiro atoms. The molecule has 0 aliphatic carbocycles. The van der Waals surface area contributed by atoms with E-state index < -0.39 is 22.6 Å². The van der Waals surface area contributed by atoms with Crippen molar-refractivity contribution in [1.29, 1.82) is 0 Å². The van der Waals surface area contributed by atoms with E-state index in [0.29, 0.717) is 13.0 Å². The number of aliphatic carboxylic acids is 1. The first-order valence-corrected chi connectivity index (χ1v) is 5.85. The Morgan fingerprint density at radius 2 is 2.26 bits per heavy atom. The van der Waals surface area contributed by atoms with Crippen LogP contribution in [0.5, 0.6) is 0 Å². The van der Waals surface area contributed by atoms with Crippen molar-refractivity contribution in [2.75, 3.05) is 11.4 Å². The van der Waals surface area contributed by atoms with Crippen LogP contribution in [-0.4, -0.2) is 28.6 Å². The van der Waals surface area contributed by atoms with Crippen molar-refractivity contribution >= 4 is 17.3 Å². The first-order chi connectivity index (χ1) is 8.91. The summed E-state index contributed by atoms with van der Waals surface area (Å²) in [6.45, 7) is 2.11. The third-order valence-electron chi connectivity index (χ3n) is 3.52. The Kier molecular flexibility index (Phi) is 3.37. The highest BCUT2D eigenvalue weighted by atomic mass is 19.1. The largest absolute Gasteiger partial charge is 0.481 e. The molecular weight excluding hydrogens is 255 g/mol. The van der Waals surface area contributed by atoms with Gasteiger partial charge in [-0.3, -0.25) is 14.9 Å². The minimum absolute atomic E-state index is 0.266. The van der Waals surface area contributed by atoms with Gasteiger partial charge in [-0.05, 0) is 25.5 Å². The highest BCUT2D eigenvalue weighted by molar-refractivity contribution is 5.74. The smallest absolute Gasteiger partial charge is 0.308 e. The van der Waals surface area contributed by atoms with Gasteiger partial charge in [0.1, 0.15) is 11.5 Å². The van der Waals surface area contributed by atoms with Crippen LogP contribution in [0.15, 0.2) is 18.2 Å². The Labute approximate surface area is 108 Å². The zero-order chi connectivity index (χ0) is 14.2. The normalized spacial score (nSPS) is 22.5. The number of rotatable bonds is 3. The van der Waals surface area contributed by atoms with Crippen LogP contribution in [0.2, 0.25) is 0 Å². The van der Waals surface area contributed by atoms with Gasteiger partial charge in [0.15, 0.2) is 0 Å². The first kappa shape index (κ1) is 13.3. The number of nitro groups is 1. The molecule has 1 aromatic rings. The molecule has 2 rings (SSSR count). The molecule has 1 aliphatic heterocycles. The molecule has 2 unspecified atom stereocenters. The SMILES string of the molecule is CC1C(C(=O)O)CCN1c1ccc(F)cc1[N+](=O)[O-]. The molecule has 1 N–H and O–H groups in total. The van der Waals surface area contributed by atoms with Crippen LogP contribution in [0.1, 0.15) is 13.3 Å². The molecule has 0 aromatic heterocycles. The highest BCUT2D eigenvalue weighted by Crippen LogP contribution is 2.36. The third kappa shape index (κ3) is 2.35. The minimum Gasteiger partial charge on any atom is -0.481 e. The Morgan fingerprint density at radius 1 is 1.58 bits per heavy atom.